The highest BCUT2D eigenvalue weighted by Crippen LogP contribution is 2.35. The summed E-state index contributed by atoms with van der Waals surface area (Å²) in [4.78, 5) is 0. The van der Waals surface area contributed by atoms with Crippen LogP contribution < -0.4 is 10.5 Å². The first kappa shape index (κ1) is 11.9. The van der Waals surface area contributed by atoms with Crippen LogP contribution in [0.5, 0.6) is 5.75 Å². The van der Waals surface area contributed by atoms with Gasteiger partial charge < -0.3 is 15.6 Å². The number of alkyl halides is 3. The lowest BCUT2D eigenvalue weighted by Gasteiger charge is -2.13. The number of nitrogens with two attached hydrogens (primary N) is 1. The Hall–Kier alpha value is -1.14. The van der Waals surface area contributed by atoms with Crippen molar-refractivity contribution in [2.24, 2.45) is 0 Å². The van der Waals surface area contributed by atoms with Gasteiger partial charge in [-0.25, -0.2) is 0 Å². The van der Waals surface area contributed by atoms with Gasteiger partial charge in [0.25, 0.3) is 0 Å². The topological polar surface area (TPSA) is 55.5 Å². The van der Waals surface area contributed by atoms with Crippen molar-refractivity contribution in [2.75, 3.05) is 5.73 Å². The van der Waals surface area contributed by atoms with E-state index < -0.39 is 18.7 Å². The number of hydrogen-bond acceptors (Lipinski definition) is 3. The van der Waals surface area contributed by atoms with E-state index in [9.17, 15) is 13.2 Å². The van der Waals surface area contributed by atoms with Gasteiger partial charge in [0.15, 0.2) is 0 Å². The minimum atomic E-state index is -4.82. The Labute approximate surface area is 88.2 Å². The van der Waals surface area contributed by atoms with Gasteiger partial charge in [-0.3, -0.25) is 0 Å². The first-order valence-electron chi connectivity index (χ1n) is 3.78. The van der Waals surface area contributed by atoms with Crippen molar-refractivity contribution in [1.29, 1.82) is 0 Å². The Morgan fingerprint density at radius 1 is 1.40 bits per heavy atom. The van der Waals surface area contributed by atoms with Gasteiger partial charge in [0.05, 0.1) is 12.3 Å². The molecule has 3 nitrogen and oxygen atoms in total. The molecule has 84 valence electrons. The van der Waals surface area contributed by atoms with E-state index in [0.717, 1.165) is 6.07 Å². The Kier molecular flexibility index (Phi) is 3.31. The number of rotatable bonds is 2. The lowest BCUT2D eigenvalue weighted by molar-refractivity contribution is -0.274. The van der Waals surface area contributed by atoms with Gasteiger partial charge in [0, 0.05) is 5.56 Å². The smallest absolute Gasteiger partial charge is 0.404 e. The van der Waals surface area contributed by atoms with Crippen molar-refractivity contribution in [2.45, 2.75) is 13.0 Å². The second kappa shape index (κ2) is 4.16. The number of anilines is 1. The maximum Gasteiger partial charge on any atom is 0.573 e. The third-order valence-corrected chi connectivity index (χ3v) is 2.02. The average molecular weight is 242 g/mol. The lowest BCUT2D eigenvalue weighted by Crippen LogP contribution is -2.17. The number of hydrogen-bond donors (Lipinski definition) is 2. The zero-order valence-electron chi connectivity index (χ0n) is 7.31. The maximum atomic E-state index is 11.9. The zero-order valence-corrected chi connectivity index (χ0v) is 8.06. The van der Waals surface area contributed by atoms with E-state index in [0.29, 0.717) is 0 Å². The monoisotopic (exact) mass is 241 g/mol. The largest absolute Gasteiger partial charge is 0.573 e. The molecule has 0 atom stereocenters. The molecule has 0 spiro atoms. The molecule has 15 heavy (non-hydrogen) atoms. The Balaban J connectivity index is 3.07. The van der Waals surface area contributed by atoms with Crippen LogP contribution in [0, 0.1) is 0 Å². The molecule has 0 fully saturated rings. The minimum absolute atomic E-state index is 0.124. The Morgan fingerprint density at radius 3 is 2.47 bits per heavy atom. The second-order valence-corrected chi connectivity index (χ2v) is 3.03. The van der Waals surface area contributed by atoms with Crippen LogP contribution in [0.3, 0.4) is 0 Å². The van der Waals surface area contributed by atoms with Gasteiger partial charge in [-0.15, -0.1) is 13.2 Å². The molecule has 0 aliphatic heterocycles. The Bertz CT molecular complexity index is 368. The Morgan fingerprint density at radius 2 is 2.00 bits per heavy atom. The average Bonchev–Trinajstić information content (AvgIpc) is 2.11. The van der Waals surface area contributed by atoms with Gasteiger partial charge in [0.1, 0.15) is 10.8 Å². The van der Waals surface area contributed by atoms with E-state index in [2.05, 4.69) is 4.74 Å². The molecule has 0 saturated carbocycles. The summed E-state index contributed by atoms with van der Waals surface area (Å²) in [6.07, 6.45) is -4.82. The molecular weight excluding hydrogens is 235 g/mol. The van der Waals surface area contributed by atoms with Gasteiger partial charge >= 0.3 is 6.36 Å². The van der Waals surface area contributed by atoms with Gasteiger partial charge in [-0.1, -0.05) is 17.7 Å². The molecule has 0 heterocycles. The summed E-state index contributed by atoms with van der Waals surface area (Å²) in [6.45, 7) is -0.405. The second-order valence-electron chi connectivity index (χ2n) is 2.66. The summed E-state index contributed by atoms with van der Waals surface area (Å²) in [5.41, 5.74) is 5.49. The predicted molar refractivity (Wildman–Crippen MR) is 48.5 cm³/mol. The van der Waals surface area contributed by atoms with Crippen LogP contribution in [0.1, 0.15) is 5.56 Å². The van der Waals surface area contributed by atoms with E-state index in [1.165, 1.54) is 6.07 Å². The molecule has 1 aromatic carbocycles. The van der Waals surface area contributed by atoms with Crippen molar-refractivity contribution < 1.29 is 23.0 Å². The normalized spacial score (nSPS) is 11.5. The third kappa shape index (κ3) is 2.90. The van der Waals surface area contributed by atoms with Crippen molar-refractivity contribution in [3.63, 3.8) is 0 Å². The zero-order chi connectivity index (χ0) is 11.6. The lowest BCUT2D eigenvalue weighted by atomic mass is 10.2. The molecule has 0 aromatic heterocycles. The van der Waals surface area contributed by atoms with Crippen LogP contribution in [0.2, 0.25) is 5.02 Å². The first-order valence-corrected chi connectivity index (χ1v) is 4.16. The van der Waals surface area contributed by atoms with Crippen LogP contribution in [0.4, 0.5) is 18.9 Å². The summed E-state index contributed by atoms with van der Waals surface area (Å²) < 4.78 is 39.2. The molecule has 3 N–H and O–H groups in total. The summed E-state index contributed by atoms with van der Waals surface area (Å²) in [5, 5.41) is 8.40. The van der Waals surface area contributed by atoms with Crippen LogP contribution in [-0.4, -0.2) is 11.5 Å². The molecule has 0 aliphatic rings. The molecule has 1 aromatic rings. The minimum Gasteiger partial charge on any atom is -0.404 e. The van der Waals surface area contributed by atoms with Gasteiger partial charge in [-0.2, -0.15) is 0 Å². The molecule has 0 bridgehead atoms. The SMILES string of the molecule is Nc1c(CO)ccc(OC(F)(F)F)c1Cl. The van der Waals surface area contributed by atoms with Crippen molar-refractivity contribution in [3.05, 3.63) is 22.7 Å². The predicted octanol–water partition coefficient (Wildman–Crippen LogP) is 2.31. The summed E-state index contributed by atoms with van der Waals surface area (Å²) >= 11 is 5.52. The molecule has 1 rings (SSSR count). The molecular formula is C8H7ClF3NO2. The van der Waals surface area contributed by atoms with E-state index in [4.69, 9.17) is 22.4 Å². The highest BCUT2D eigenvalue weighted by atomic mass is 35.5. The highest BCUT2D eigenvalue weighted by Gasteiger charge is 2.32. The van der Waals surface area contributed by atoms with E-state index >= 15 is 0 Å². The molecule has 0 saturated heterocycles. The van der Waals surface area contributed by atoms with Crippen LogP contribution in [0.15, 0.2) is 12.1 Å². The van der Waals surface area contributed by atoms with Crippen molar-refractivity contribution in [3.8, 4) is 5.75 Å². The maximum absolute atomic E-state index is 11.9. The van der Waals surface area contributed by atoms with Crippen molar-refractivity contribution in [1.82, 2.24) is 0 Å². The number of halogens is 4. The quantitative estimate of drug-likeness (QED) is 0.782. The molecule has 0 aliphatic carbocycles. The van der Waals surface area contributed by atoms with Gasteiger partial charge in [0.2, 0.25) is 0 Å². The number of aliphatic hydroxyl groups excluding tert-OH is 1. The van der Waals surface area contributed by atoms with E-state index in [-0.39, 0.29) is 16.3 Å². The third-order valence-electron chi connectivity index (χ3n) is 1.63. The molecule has 0 unspecified atom stereocenters. The van der Waals surface area contributed by atoms with E-state index in [1.54, 1.807) is 0 Å². The fraction of sp³-hybridized carbons (Fsp3) is 0.250. The number of ether oxygens (including phenoxy) is 1. The molecule has 0 radical (unpaired) electrons. The van der Waals surface area contributed by atoms with E-state index in [1.807, 2.05) is 0 Å². The fourth-order valence-electron chi connectivity index (χ4n) is 0.954. The highest BCUT2D eigenvalue weighted by molar-refractivity contribution is 6.34. The van der Waals surface area contributed by atoms with Gasteiger partial charge in [-0.05, 0) is 6.07 Å². The summed E-state index contributed by atoms with van der Waals surface area (Å²) in [7, 11) is 0. The number of nitrogen functional groups attached to an aromatic ring is 1. The molecule has 7 heteroatoms. The number of aliphatic hydroxyl groups is 1. The molecule has 0 amide bonds. The fourth-order valence-corrected chi connectivity index (χ4v) is 1.18. The summed E-state index contributed by atoms with van der Waals surface area (Å²) in [5.74, 6) is -0.584. The number of benzene rings is 1. The van der Waals surface area contributed by atoms with Crippen molar-refractivity contribution >= 4 is 17.3 Å². The van der Waals surface area contributed by atoms with Crippen LogP contribution >= 0.6 is 11.6 Å². The summed E-state index contributed by atoms with van der Waals surface area (Å²) in [6, 6.07) is 2.21. The first-order chi connectivity index (χ1) is 6.85. The standard InChI is InChI=1S/C8H7ClF3NO2/c9-6-5(15-8(10,11)12)2-1-4(3-14)7(6)13/h1-2,14H,3,13H2. The van der Waals surface area contributed by atoms with Crippen LogP contribution in [0.25, 0.3) is 0 Å². The van der Waals surface area contributed by atoms with Crippen LogP contribution in [-0.2, 0) is 6.61 Å².